The maximum absolute atomic E-state index is 13.4. The zero-order valence-corrected chi connectivity index (χ0v) is 19.1. The van der Waals surface area contributed by atoms with Crippen LogP contribution in [-0.2, 0) is 0 Å². The first-order valence-electron chi connectivity index (χ1n) is 10.2. The van der Waals surface area contributed by atoms with Crippen molar-refractivity contribution in [1.82, 2.24) is 15.1 Å². The lowest BCUT2D eigenvalue weighted by atomic mass is 9.93. The summed E-state index contributed by atoms with van der Waals surface area (Å²) in [6.45, 7) is 8.57. The molecule has 2 aromatic carbocycles. The number of nitrogens with zero attached hydrogens (tertiary/aromatic N) is 2. The summed E-state index contributed by atoms with van der Waals surface area (Å²) in [5, 5.41) is 8.13. The number of fused-ring (bicyclic) bond motifs is 1. The second-order valence-electron chi connectivity index (χ2n) is 8.46. The van der Waals surface area contributed by atoms with Crippen molar-refractivity contribution in [3.8, 4) is 22.8 Å². The Bertz CT molecular complexity index is 1120. The average molecular weight is 440 g/mol. The summed E-state index contributed by atoms with van der Waals surface area (Å²) in [7, 11) is 1.62. The molecule has 1 aliphatic rings. The molecule has 31 heavy (non-hydrogen) atoms. The van der Waals surface area contributed by atoms with E-state index in [0.717, 1.165) is 22.4 Å². The Balaban J connectivity index is 1.91. The molecule has 7 heteroatoms. The summed E-state index contributed by atoms with van der Waals surface area (Å²) >= 11 is 6.08. The number of nitrogens with one attached hydrogen (secondary N) is 1. The topological polar surface area (TPSA) is 67.5 Å². The third-order valence-corrected chi connectivity index (χ3v) is 5.66. The minimum atomic E-state index is -0.412. The molecule has 0 fully saturated rings. The Morgan fingerprint density at radius 3 is 2.45 bits per heavy atom. The summed E-state index contributed by atoms with van der Waals surface area (Å²) < 4.78 is 11.3. The lowest BCUT2D eigenvalue weighted by Crippen LogP contribution is -2.44. The van der Waals surface area contributed by atoms with Crippen LogP contribution in [0.1, 0.15) is 55.4 Å². The normalized spacial score (nSPS) is 15.9. The third-order valence-electron chi connectivity index (χ3n) is 5.41. The quantitative estimate of drug-likeness (QED) is 0.571. The van der Waals surface area contributed by atoms with E-state index in [9.17, 15) is 4.79 Å². The predicted molar refractivity (Wildman–Crippen MR) is 121 cm³/mol. The van der Waals surface area contributed by atoms with Crippen molar-refractivity contribution < 1.29 is 14.3 Å². The molecule has 0 aliphatic carbocycles. The van der Waals surface area contributed by atoms with Gasteiger partial charge in [-0.1, -0.05) is 29.8 Å². The van der Waals surface area contributed by atoms with E-state index in [2.05, 4.69) is 10.2 Å². The molecular weight excluding hydrogens is 414 g/mol. The molecule has 1 amide bonds. The van der Waals surface area contributed by atoms with E-state index >= 15 is 0 Å². The van der Waals surface area contributed by atoms with Gasteiger partial charge in [0.25, 0.3) is 5.91 Å². The van der Waals surface area contributed by atoms with Gasteiger partial charge >= 0.3 is 0 Å². The largest absolute Gasteiger partial charge is 0.493 e. The van der Waals surface area contributed by atoms with Gasteiger partial charge in [-0.25, -0.2) is 0 Å². The van der Waals surface area contributed by atoms with Crippen molar-refractivity contribution >= 4 is 17.5 Å². The second-order valence-corrected chi connectivity index (χ2v) is 8.90. The van der Waals surface area contributed by atoms with Crippen LogP contribution in [0.3, 0.4) is 0 Å². The summed E-state index contributed by atoms with van der Waals surface area (Å²) in [5.74, 6) is 1.23. The molecule has 162 valence electrons. The molecule has 0 bridgehead atoms. The van der Waals surface area contributed by atoms with E-state index in [1.54, 1.807) is 7.11 Å². The minimum absolute atomic E-state index is 0.0759. The Morgan fingerprint density at radius 2 is 1.84 bits per heavy atom. The standard InChI is InChI=1S/C24H26ClN3O3/c1-6-31-17-12-9-15(13-18(17)30-5)22-19-20(14-7-10-16(25)11-8-14)26-27-21(19)23(29)28(22)24(2,3)4/h7-13,22H,6H2,1-5H3,(H,26,27). The molecule has 4 rings (SSSR count). The van der Waals surface area contributed by atoms with E-state index < -0.39 is 5.54 Å². The van der Waals surface area contributed by atoms with E-state index in [1.165, 1.54) is 0 Å². The van der Waals surface area contributed by atoms with Crippen LogP contribution in [-0.4, -0.2) is 40.3 Å². The van der Waals surface area contributed by atoms with Crippen LogP contribution in [0.2, 0.25) is 5.02 Å². The lowest BCUT2D eigenvalue weighted by Gasteiger charge is -2.38. The number of benzene rings is 2. The molecule has 1 aliphatic heterocycles. The van der Waals surface area contributed by atoms with Gasteiger partial charge in [-0.05, 0) is 57.5 Å². The fraction of sp³-hybridized carbons (Fsp3) is 0.333. The first-order valence-corrected chi connectivity index (χ1v) is 10.6. The van der Waals surface area contributed by atoms with Gasteiger partial charge in [0.2, 0.25) is 0 Å². The van der Waals surface area contributed by atoms with Crippen LogP contribution in [0, 0.1) is 0 Å². The summed E-state index contributed by atoms with van der Waals surface area (Å²) in [6.07, 6.45) is 0. The highest BCUT2D eigenvalue weighted by Crippen LogP contribution is 2.47. The van der Waals surface area contributed by atoms with Gasteiger partial charge in [0.1, 0.15) is 5.69 Å². The molecule has 0 radical (unpaired) electrons. The van der Waals surface area contributed by atoms with Crippen LogP contribution >= 0.6 is 11.6 Å². The Labute approximate surface area is 187 Å². The summed E-state index contributed by atoms with van der Waals surface area (Å²) in [6, 6.07) is 13.0. The van der Waals surface area contributed by atoms with Crippen molar-refractivity contribution in [2.45, 2.75) is 39.3 Å². The zero-order chi connectivity index (χ0) is 22.3. The summed E-state index contributed by atoms with van der Waals surface area (Å²) in [5.41, 5.74) is 3.52. The van der Waals surface area contributed by atoms with Gasteiger partial charge in [-0.2, -0.15) is 5.10 Å². The highest BCUT2D eigenvalue weighted by molar-refractivity contribution is 6.30. The van der Waals surface area contributed by atoms with Crippen LogP contribution < -0.4 is 9.47 Å². The maximum Gasteiger partial charge on any atom is 0.273 e. The van der Waals surface area contributed by atoms with Crippen LogP contribution in [0.4, 0.5) is 0 Å². The number of rotatable bonds is 5. The Morgan fingerprint density at radius 1 is 1.13 bits per heavy atom. The third kappa shape index (κ3) is 3.65. The molecular formula is C24H26ClN3O3. The average Bonchev–Trinajstić information content (AvgIpc) is 3.28. The molecule has 1 atom stereocenters. The van der Waals surface area contributed by atoms with E-state index in [0.29, 0.717) is 28.8 Å². The monoisotopic (exact) mass is 439 g/mol. The number of methoxy groups -OCH3 is 1. The molecule has 0 spiro atoms. The molecule has 0 saturated heterocycles. The molecule has 0 saturated carbocycles. The number of halogens is 1. The van der Waals surface area contributed by atoms with Crippen molar-refractivity contribution in [1.29, 1.82) is 0 Å². The molecule has 1 N–H and O–H groups in total. The number of carbonyl (C=O) groups excluding carboxylic acids is 1. The van der Waals surface area contributed by atoms with Crippen molar-refractivity contribution in [2.24, 2.45) is 0 Å². The van der Waals surface area contributed by atoms with Crippen LogP contribution in [0.5, 0.6) is 11.5 Å². The molecule has 6 nitrogen and oxygen atoms in total. The Kier molecular flexibility index (Phi) is 5.43. The van der Waals surface area contributed by atoms with E-state index in [4.69, 9.17) is 21.1 Å². The van der Waals surface area contributed by atoms with E-state index in [-0.39, 0.29) is 11.9 Å². The number of amides is 1. The van der Waals surface area contributed by atoms with Gasteiger partial charge in [-0.3, -0.25) is 9.89 Å². The molecule has 1 unspecified atom stereocenters. The smallest absolute Gasteiger partial charge is 0.273 e. The number of carbonyl (C=O) groups is 1. The van der Waals surface area contributed by atoms with Gasteiger partial charge in [0.05, 0.1) is 25.5 Å². The van der Waals surface area contributed by atoms with Crippen LogP contribution in [0.25, 0.3) is 11.3 Å². The first kappa shape index (κ1) is 21.2. The first-order chi connectivity index (χ1) is 14.8. The minimum Gasteiger partial charge on any atom is -0.493 e. The number of aromatic amines is 1. The SMILES string of the molecule is CCOc1ccc(C2c3c(-c4ccc(Cl)cc4)n[nH]c3C(=O)N2C(C)(C)C)cc1OC. The zero-order valence-electron chi connectivity index (χ0n) is 18.3. The number of hydrogen-bond acceptors (Lipinski definition) is 4. The lowest BCUT2D eigenvalue weighted by molar-refractivity contribution is 0.0545. The van der Waals surface area contributed by atoms with Crippen molar-refractivity contribution in [3.05, 3.63) is 64.3 Å². The number of ether oxygens (including phenoxy) is 2. The maximum atomic E-state index is 13.4. The van der Waals surface area contributed by atoms with Gasteiger partial charge < -0.3 is 14.4 Å². The molecule has 3 aromatic rings. The van der Waals surface area contributed by atoms with Crippen LogP contribution in [0.15, 0.2) is 42.5 Å². The fourth-order valence-electron chi connectivity index (χ4n) is 4.11. The van der Waals surface area contributed by atoms with Gasteiger partial charge in [0, 0.05) is 21.7 Å². The number of aromatic nitrogens is 2. The highest BCUT2D eigenvalue weighted by atomic mass is 35.5. The summed E-state index contributed by atoms with van der Waals surface area (Å²) in [4.78, 5) is 15.3. The van der Waals surface area contributed by atoms with Gasteiger partial charge in [-0.15, -0.1) is 0 Å². The second kappa shape index (κ2) is 7.93. The predicted octanol–water partition coefficient (Wildman–Crippen LogP) is 5.48. The molecule has 1 aromatic heterocycles. The fourth-order valence-corrected chi connectivity index (χ4v) is 4.24. The van der Waals surface area contributed by atoms with Gasteiger partial charge in [0.15, 0.2) is 11.5 Å². The highest BCUT2D eigenvalue weighted by Gasteiger charge is 2.46. The molecule has 2 heterocycles. The number of hydrogen-bond donors (Lipinski definition) is 1. The van der Waals surface area contributed by atoms with Crippen molar-refractivity contribution in [2.75, 3.05) is 13.7 Å². The Hall–Kier alpha value is -2.99. The number of H-pyrrole nitrogens is 1. The van der Waals surface area contributed by atoms with Crippen molar-refractivity contribution in [3.63, 3.8) is 0 Å². The van der Waals surface area contributed by atoms with E-state index in [1.807, 2.05) is 75.1 Å².